The van der Waals surface area contributed by atoms with Gasteiger partial charge in [0.05, 0.1) is 23.0 Å². The van der Waals surface area contributed by atoms with Gasteiger partial charge in [0.1, 0.15) is 0 Å². The molecule has 0 atom stereocenters. The lowest BCUT2D eigenvalue weighted by Gasteiger charge is -2.29. The third-order valence-electron chi connectivity index (χ3n) is 4.05. The van der Waals surface area contributed by atoms with Gasteiger partial charge in [-0.15, -0.1) is 0 Å². The van der Waals surface area contributed by atoms with E-state index in [2.05, 4.69) is 4.98 Å². The average Bonchev–Trinajstić information content (AvgIpc) is 2.94. The van der Waals surface area contributed by atoms with Crippen molar-refractivity contribution in [3.8, 4) is 0 Å². The van der Waals surface area contributed by atoms with E-state index in [1.54, 1.807) is 31.1 Å². The molecule has 0 aliphatic rings. The minimum atomic E-state index is -0.973. The van der Waals surface area contributed by atoms with Crippen molar-refractivity contribution < 1.29 is 9.90 Å². The summed E-state index contributed by atoms with van der Waals surface area (Å²) in [5, 5.41) is 10.2. The number of carbonyl (C=O) groups is 1. The molecule has 0 spiro atoms. The van der Waals surface area contributed by atoms with Crippen molar-refractivity contribution in [2.45, 2.75) is 26.0 Å². The second-order valence-electron chi connectivity index (χ2n) is 7.02. The molecule has 0 unspecified atom stereocenters. The molecule has 0 saturated carbocycles. The molecule has 3 rings (SSSR count). The number of fused-ring (bicyclic) bond motifs is 1. The maximum Gasteiger partial charge on any atom is 0.254 e. The highest BCUT2D eigenvalue weighted by molar-refractivity contribution is 5.97. The van der Waals surface area contributed by atoms with Crippen LogP contribution in [0, 0.1) is 0 Å². The summed E-state index contributed by atoms with van der Waals surface area (Å²) in [6, 6.07) is 15.3. The number of imidazole rings is 1. The monoisotopic (exact) mass is 337 g/mol. The highest BCUT2D eigenvalue weighted by Crippen LogP contribution is 2.18. The quantitative estimate of drug-likeness (QED) is 0.779. The van der Waals surface area contributed by atoms with E-state index in [0.29, 0.717) is 12.1 Å². The fourth-order valence-electron chi connectivity index (χ4n) is 2.92. The van der Waals surface area contributed by atoms with Crippen LogP contribution in [0.4, 0.5) is 0 Å². The van der Waals surface area contributed by atoms with E-state index in [9.17, 15) is 9.90 Å². The molecular weight excluding hydrogens is 314 g/mol. The number of aryl methyl sites for hydroxylation is 1. The fraction of sp³-hybridized carbons (Fsp3) is 0.300. The van der Waals surface area contributed by atoms with E-state index < -0.39 is 5.60 Å². The number of aromatic nitrogens is 2. The molecule has 5 nitrogen and oxygen atoms in total. The summed E-state index contributed by atoms with van der Waals surface area (Å²) in [7, 11) is 1.92. The molecule has 0 bridgehead atoms. The van der Waals surface area contributed by atoms with Crippen LogP contribution >= 0.6 is 0 Å². The average molecular weight is 337 g/mol. The summed E-state index contributed by atoms with van der Waals surface area (Å²) in [5.74, 6) is -0.112. The number of aliphatic hydroxyl groups is 1. The Hall–Kier alpha value is -2.66. The van der Waals surface area contributed by atoms with Crippen LogP contribution in [0.3, 0.4) is 0 Å². The Morgan fingerprint density at radius 2 is 1.92 bits per heavy atom. The Kier molecular flexibility index (Phi) is 4.59. The predicted molar refractivity (Wildman–Crippen MR) is 98.2 cm³/mol. The molecule has 25 heavy (non-hydrogen) atoms. The van der Waals surface area contributed by atoms with Crippen LogP contribution in [0.2, 0.25) is 0 Å². The first kappa shape index (κ1) is 17.2. The highest BCUT2D eigenvalue weighted by atomic mass is 16.3. The van der Waals surface area contributed by atoms with Crippen molar-refractivity contribution in [1.29, 1.82) is 0 Å². The van der Waals surface area contributed by atoms with Crippen LogP contribution < -0.4 is 0 Å². The van der Waals surface area contributed by atoms with Crippen LogP contribution in [0.1, 0.15) is 29.8 Å². The largest absolute Gasteiger partial charge is 0.389 e. The molecule has 130 valence electrons. The van der Waals surface area contributed by atoms with Crippen LogP contribution in [-0.4, -0.2) is 37.6 Å². The maximum absolute atomic E-state index is 13.1. The lowest BCUT2D eigenvalue weighted by Crippen LogP contribution is -2.41. The highest BCUT2D eigenvalue weighted by Gasteiger charge is 2.24. The SMILES string of the molecule is Cn1cnc2cc(C(=O)N(Cc3ccccc3)CC(C)(C)O)ccc21. The number of nitrogens with zero attached hydrogens (tertiary/aromatic N) is 3. The van der Waals surface area contributed by atoms with Gasteiger partial charge in [0.2, 0.25) is 0 Å². The first-order valence-electron chi connectivity index (χ1n) is 8.30. The second kappa shape index (κ2) is 6.69. The van der Waals surface area contributed by atoms with Gasteiger partial charge >= 0.3 is 0 Å². The Morgan fingerprint density at radius 1 is 1.20 bits per heavy atom. The summed E-state index contributed by atoms with van der Waals surface area (Å²) < 4.78 is 1.92. The van der Waals surface area contributed by atoms with Crippen molar-refractivity contribution >= 4 is 16.9 Å². The Morgan fingerprint density at radius 3 is 2.60 bits per heavy atom. The maximum atomic E-state index is 13.1. The van der Waals surface area contributed by atoms with Gasteiger partial charge in [-0.05, 0) is 37.6 Å². The van der Waals surface area contributed by atoms with E-state index >= 15 is 0 Å². The van der Waals surface area contributed by atoms with Gasteiger partial charge in [0.25, 0.3) is 5.91 Å². The van der Waals surface area contributed by atoms with Crippen LogP contribution in [0.5, 0.6) is 0 Å². The number of hydrogen-bond acceptors (Lipinski definition) is 3. The number of rotatable bonds is 5. The fourth-order valence-corrected chi connectivity index (χ4v) is 2.92. The van der Waals surface area contributed by atoms with Gasteiger partial charge in [-0.25, -0.2) is 4.98 Å². The molecule has 1 heterocycles. The molecule has 0 aliphatic heterocycles. The number of hydrogen-bond donors (Lipinski definition) is 1. The van der Waals surface area contributed by atoms with Crippen LogP contribution in [0.25, 0.3) is 11.0 Å². The Balaban J connectivity index is 1.91. The molecular formula is C20H23N3O2. The van der Waals surface area contributed by atoms with Crippen molar-refractivity contribution in [1.82, 2.24) is 14.5 Å². The standard InChI is InChI=1S/C20H23N3O2/c1-20(2,25)13-23(12-15-7-5-4-6-8-15)19(24)16-9-10-18-17(11-16)21-14-22(18)3/h4-11,14,25H,12-13H2,1-3H3. The summed E-state index contributed by atoms with van der Waals surface area (Å²) in [5.41, 5.74) is 2.40. The summed E-state index contributed by atoms with van der Waals surface area (Å²) in [4.78, 5) is 19.1. The topological polar surface area (TPSA) is 58.4 Å². The smallest absolute Gasteiger partial charge is 0.254 e. The van der Waals surface area contributed by atoms with E-state index in [1.165, 1.54) is 0 Å². The van der Waals surface area contributed by atoms with Crippen LogP contribution in [-0.2, 0) is 13.6 Å². The minimum absolute atomic E-state index is 0.112. The molecule has 5 heteroatoms. The third kappa shape index (κ3) is 4.06. The molecule has 0 aliphatic carbocycles. The predicted octanol–water partition coefficient (Wildman–Crippen LogP) is 2.99. The Bertz CT molecular complexity index is 879. The lowest BCUT2D eigenvalue weighted by molar-refractivity contribution is 0.0280. The molecule has 3 aromatic rings. The van der Waals surface area contributed by atoms with E-state index in [0.717, 1.165) is 16.6 Å². The number of carbonyl (C=O) groups excluding carboxylic acids is 1. The molecule has 1 N–H and O–H groups in total. The number of benzene rings is 2. The molecule has 2 aromatic carbocycles. The molecule has 0 radical (unpaired) electrons. The van der Waals surface area contributed by atoms with Crippen molar-refractivity contribution in [2.75, 3.05) is 6.54 Å². The van der Waals surface area contributed by atoms with Gasteiger partial charge in [-0.3, -0.25) is 4.79 Å². The van der Waals surface area contributed by atoms with Gasteiger partial charge in [0, 0.05) is 25.7 Å². The first-order chi connectivity index (χ1) is 11.8. The second-order valence-corrected chi connectivity index (χ2v) is 7.02. The van der Waals surface area contributed by atoms with Gasteiger partial charge in [0.15, 0.2) is 0 Å². The zero-order chi connectivity index (χ0) is 18.0. The van der Waals surface area contributed by atoms with Crippen molar-refractivity contribution in [2.24, 2.45) is 7.05 Å². The summed E-state index contributed by atoms with van der Waals surface area (Å²) in [6.45, 7) is 4.12. The third-order valence-corrected chi connectivity index (χ3v) is 4.05. The van der Waals surface area contributed by atoms with Crippen molar-refractivity contribution in [3.05, 3.63) is 66.0 Å². The summed E-state index contributed by atoms with van der Waals surface area (Å²) >= 11 is 0. The van der Waals surface area contributed by atoms with E-state index in [1.807, 2.05) is 54.1 Å². The van der Waals surface area contributed by atoms with E-state index in [4.69, 9.17) is 0 Å². The summed E-state index contributed by atoms with van der Waals surface area (Å²) in [6.07, 6.45) is 1.73. The minimum Gasteiger partial charge on any atom is -0.389 e. The lowest BCUT2D eigenvalue weighted by atomic mass is 10.1. The molecule has 0 fully saturated rings. The normalized spacial score (nSPS) is 11.7. The Labute approximate surface area is 147 Å². The van der Waals surface area contributed by atoms with Gasteiger partial charge in [-0.2, -0.15) is 0 Å². The van der Waals surface area contributed by atoms with Gasteiger partial charge < -0.3 is 14.6 Å². The molecule has 0 saturated heterocycles. The first-order valence-corrected chi connectivity index (χ1v) is 8.30. The zero-order valence-electron chi connectivity index (χ0n) is 14.8. The molecule has 1 amide bonds. The van der Waals surface area contributed by atoms with Crippen LogP contribution in [0.15, 0.2) is 54.9 Å². The molecule has 1 aromatic heterocycles. The van der Waals surface area contributed by atoms with Crippen molar-refractivity contribution in [3.63, 3.8) is 0 Å². The van der Waals surface area contributed by atoms with E-state index in [-0.39, 0.29) is 12.5 Å². The van der Waals surface area contributed by atoms with Gasteiger partial charge in [-0.1, -0.05) is 30.3 Å². The zero-order valence-corrected chi connectivity index (χ0v) is 14.8. The number of amides is 1.